The highest BCUT2D eigenvalue weighted by atomic mass is 19.1. The van der Waals surface area contributed by atoms with E-state index in [1.807, 2.05) is 19.9 Å². The molecule has 0 saturated heterocycles. The van der Waals surface area contributed by atoms with Gasteiger partial charge < -0.3 is 10.6 Å². The van der Waals surface area contributed by atoms with Crippen molar-refractivity contribution in [3.8, 4) is 0 Å². The summed E-state index contributed by atoms with van der Waals surface area (Å²) in [5.41, 5.74) is 1.14. The smallest absolute Gasteiger partial charge is 0.253 e. The van der Waals surface area contributed by atoms with Gasteiger partial charge in [0.25, 0.3) is 5.91 Å². The minimum atomic E-state index is -0.260. The molecule has 5 heteroatoms. The summed E-state index contributed by atoms with van der Waals surface area (Å²) < 4.78 is 13.4. The Morgan fingerprint density at radius 2 is 2.12 bits per heavy atom. The van der Waals surface area contributed by atoms with Gasteiger partial charge >= 0.3 is 0 Å². The monoisotopic (exact) mass is 327 g/mol. The van der Waals surface area contributed by atoms with E-state index in [1.54, 1.807) is 30.3 Å². The first kappa shape index (κ1) is 17.7. The van der Waals surface area contributed by atoms with Crippen molar-refractivity contribution in [3.63, 3.8) is 0 Å². The summed E-state index contributed by atoms with van der Waals surface area (Å²) in [6.45, 7) is 8.63. The summed E-state index contributed by atoms with van der Waals surface area (Å²) >= 11 is 0. The average molecular weight is 327 g/mol. The van der Waals surface area contributed by atoms with Crippen LogP contribution in [0.25, 0.3) is 0 Å². The number of benzene rings is 1. The molecule has 0 spiro atoms. The maximum absolute atomic E-state index is 13.4. The second-order valence-corrected chi connectivity index (χ2v) is 6.18. The molecule has 0 bridgehead atoms. The Morgan fingerprint density at radius 3 is 2.75 bits per heavy atom. The van der Waals surface area contributed by atoms with Crippen molar-refractivity contribution in [2.45, 2.75) is 19.3 Å². The Hall–Kier alpha value is -2.69. The number of anilines is 1. The number of hydrogen-bond acceptors (Lipinski definition) is 3. The molecule has 1 aromatic heterocycles. The molecule has 0 aliphatic heterocycles. The highest BCUT2D eigenvalue weighted by Gasteiger charge is 2.21. The van der Waals surface area contributed by atoms with E-state index in [9.17, 15) is 9.18 Å². The number of halogens is 1. The van der Waals surface area contributed by atoms with Crippen molar-refractivity contribution in [1.82, 2.24) is 10.3 Å². The largest absolute Gasteiger partial charge is 0.369 e. The van der Waals surface area contributed by atoms with E-state index in [1.165, 1.54) is 12.3 Å². The van der Waals surface area contributed by atoms with Gasteiger partial charge in [0, 0.05) is 24.7 Å². The van der Waals surface area contributed by atoms with Crippen molar-refractivity contribution in [2.75, 3.05) is 18.4 Å². The van der Waals surface area contributed by atoms with Crippen LogP contribution in [-0.4, -0.2) is 24.0 Å². The molecule has 0 unspecified atom stereocenters. The van der Waals surface area contributed by atoms with Crippen LogP contribution in [-0.2, 0) is 5.41 Å². The normalized spacial score (nSPS) is 11.0. The zero-order valence-corrected chi connectivity index (χ0v) is 14.0. The number of aromatic nitrogens is 1. The standard InChI is InChI=1S/C19H22FN3O/c1-4-10-21-18(24)14-8-9-17(22-12-14)23-13-19(2,3)15-6-5-7-16(20)11-15/h4-9,11-12H,1,10,13H2,2-3H3,(H,21,24)(H,22,23). The molecule has 1 heterocycles. The Kier molecular flexibility index (Phi) is 5.68. The Bertz CT molecular complexity index is 711. The minimum Gasteiger partial charge on any atom is -0.369 e. The molecule has 24 heavy (non-hydrogen) atoms. The van der Waals surface area contributed by atoms with Gasteiger partial charge in [-0.25, -0.2) is 9.37 Å². The molecule has 0 aliphatic carbocycles. The molecule has 4 nitrogen and oxygen atoms in total. The minimum absolute atomic E-state index is 0.186. The van der Waals surface area contributed by atoms with Gasteiger partial charge in [-0.1, -0.05) is 32.1 Å². The molecule has 2 aromatic rings. The van der Waals surface area contributed by atoms with Crippen molar-refractivity contribution in [1.29, 1.82) is 0 Å². The molecule has 2 rings (SSSR count). The van der Waals surface area contributed by atoms with Gasteiger partial charge in [0.15, 0.2) is 0 Å². The van der Waals surface area contributed by atoms with Crippen LogP contribution in [0.1, 0.15) is 29.8 Å². The Morgan fingerprint density at radius 1 is 1.33 bits per heavy atom. The zero-order chi connectivity index (χ0) is 17.6. The van der Waals surface area contributed by atoms with Gasteiger partial charge in [0.1, 0.15) is 11.6 Å². The van der Waals surface area contributed by atoms with E-state index < -0.39 is 0 Å². The Labute approximate surface area is 141 Å². The molecule has 1 aromatic carbocycles. The van der Waals surface area contributed by atoms with Gasteiger partial charge in [-0.15, -0.1) is 6.58 Å². The number of hydrogen-bond donors (Lipinski definition) is 2. The third-order valence-corrected chi connectivity index (χ3v) is 3.75. The van der Waals surface area contributed by atoms with E-state index in [2.05, 4.69) is 22.2 Å². The lowest BCUT2D eigenvalue weighted by molar-refractivity contribution is 0.0957. The SMILES string of the molecule is C=CCNC(=O)c1ccc(NCC(C)(C)c2cccc(F)c2)nc1. The molecule has 0 fully saturated rings. The van der Waals surface area contributed by atoms with E-state index in [4.69, 9.17) is 0 Å². The predicted octanol–water partition coefficient (Wildman–Crippen LogP) is 3.53. The van der Waals surface area contributed by atoms with Crippen LogP contribution in [0.2, 0.25) is 0 Å². The fourth-order valence-electron chi connectivity index (χ4n) is 2.22. The fraction of sp³-hybridized carbons (Fsp3) is 0.263. The molecule has 126 valence electrons. The molecule has 1 amide bonds. The maximum Gasteiger partial charge on any atom is 0.253 e. The van der Waals surface area contributed by atoms with Gasteiger partial charge in [-0.3, -0.25) is 4.79 Å². The molecular weight excluding hydrogens is 305 g/mol. The van der Waals surface area contributed by atoms with Crippen LogP contribution in [0.15, 0.2) is 55.3 Å². The summed E-state index contributed by atoms with van der Waals surface area (Å²) in [5, 5.41) is 5.93. The van der Waals surface area contributed by atoms with Crippen molar-refractivity contribution < 1.29 is 9.18 Å². The second kappa shape index (κ2) is 7.73. The lowest BCUT2D eigenvalue weighted by Gasteiger charge is -2.26. The molecule has 0 radical (unpaired) electrons. The van der Waals surface area contributed by atoms with E-state index in [0.29, 0.717) is 24.5 Å². The first-order valence-corrected chi connectivity index (χ1v) is 7.77. The van der Waals surface area contributed by atoms with Gasteiger partial charge in [0.2, 0.25) is 0 Å². The number of nitrogens with one attached hydrogen (secondary N) is 2. The summed E-state index contributed by atoms with van der Waals surface area (Å²) in [6.07, 6.45) is 3.14. The summed E-state index contributed by atoms with van der Waals surface area (Å²) in [5.74, 6) is 0.238. The van der Waals surface area contributed by atoms with E-state index in [0.717, 1.165) is 5.56 Å². The highest BCUT2D eigenvalue weighted by molar-refractivity contribution is 5.94. The van der Waals surface area contributed by atoms with Crippen molar-refractivity contribution in [3.05, 3.63) is 72.2 Å². The molecule has 0 aliphatic rings. The molecular formula is C19H22FN3O. The number of carbonyl (C=O) groups is 1. The van der Waals surface area contributed by atoms with Crippen LogP contribution in [0, 0.1) is 5.82 Å². The third-order valence-electron chi connectivity index (χ3n) is 3.75. The highest BCUT2D eigenvalue weighted by Crippen LogP contribution is 2.24. The number of carbonyl (C=O) groups excluding carboxylic acids is 1. The predicted molar refractivity (Wildman–Crippen MR) is 94.7 cm³/mol. The number of amides is 1. The quantitative estimate of drug-likeness (QED) is 0.765. The van der Waals surface area contributed by atoms with Crippen molar-refractivity contribution in [2.24, 2.45) is 0 Å². The summed E-state index contributed by atoms with van der Waals surface area (Å²) in [6, 6.07) is 10.1. The maximum atomic E-state index is 13.4. The molecule has 0 atom stereocenters. The lowest BCUT2D eigenvalue weighted by Crippen LogP contribution is -2.28. The molecule has 2 N–H and O–H groups in total. The van der Waals surface area contributed by atoms with Gasteiger partial charge in [-0.05, 0) is 29.8 Å². The Balaban J connectivity index is 1.99. The summed E-state index contributed by atoms with van der Waals surface area (Å²) in [7, 11) is 0. The zero-order valence-electron chi connectivity index (χ0n) is 14.0. The van der Waals surface area contributed by atoms with Crippen LogP contribution in [0.3, 0.4) is 0 Å². The number of nitrogens with zero attached hydrogens (tertiary/aromatic N) is 1. The topological polar surface area (TPSA) is 54.0 Å². The first-order valence-electron chi connectivity index (χ1n) is 7.77. The number of pyridine rings is 1. The van der Waals surface area contributed by atoms with E-state index in [-0.39, 0.29) is 17.1 Å². The van der Waals surface area contributed by atoms with Gasteiger partial charge in [-0.2, -0.15) is 0 Å². The second-order valence-electron chi connectivity index (χ2n) is 6.18. The third kappa shape index (κ3) is 4.65. The van der Waals surface area contributed by atoms with Crippen LogP contribution in [0.5, 0.6) is 0 Å². The van der Waals surface area contributed by atoms with Crippen LogP contribution in [0.4, 0.5) is 10.2 Å². The van der Waals surface area contributed by atoms with E-state index >= 15 is 0 Å². The van der Waals surface area contributed by atoms with Crippen LogP contribution < -0.4 is 10.6 Å². The lowest BCUT2D eigenvalue weighted by atomic mass is 9.84. The van der Waals surface area contributed by atoms with Crippen molar-refractivity contribution >= 4 is 11.7 Å². The number of rotatable bonds is 7. The van der Waals surface area contributed by atoms with Crippen LogP contribution >= 0.6 is 0 Å². The van der Waals surface area contributed by atoms with Gasteiger partial charge in [0.05, 0.1) is 5.56 Å². The molecule has 0 saturated carbocycles. The average Bonchev–Trinajstić information content (AvgIpc) is 2.58. The first-order chi connectivity index (χ1) is 11.4. The summed E-state index contributed by atoms with van der Waals surface area (Å²) in [4.78, 5) is 16.0. The fourth-order valence-corrected chi connectivity index (χ4v) is 2.22.